The lowest BCUT2D eigenvalue weighted by atomic mass is 10.0. The molecule has 0 aliphatic carbocycles. The van der Waals surface area contributed by atoms with Gasteiger partial charge in [-0.3, -0.25) is 4.79 Å². The van der Waals surface area contributed by atoms with Crippen LogP contribution >= 0.6 is 0 Å². The highest BCUT2D eigenvalue weighted by molar-refractivity contribution is 7.89. The number of carbonyl (C=O) groups excluding carboxylic acids is 1. The van der Waals surface area contributed by atoms with Crippen LogP contribution in [0.15, 0.2) is 23.1 Å². The van der Waals surface area contributed by atoms with Crippen molar-refractivity contribution in [1.82, 2.24) is 14.5 Å². The molecule has 0 unspecified atom stereocenters. The van der Waals surface area contributed by atoms with Crippen molar-refractivity contribution in [3.05, 3.63) is 23.8 Å². The molecule has 9 heteroatoms. The van der Waals surface area contributed by atoms with E-state index in [1.807, 2.05) is 0 Å². The van der Waals surface area contributed by atoms with E-state index in [-0.39, 0.29) is 17.2 Å². The van der Waals surface area contributed by atoms with Crippen LogP contribution in [0.5, 0.6) is 5.75 Å². The number of benzene rings is 1. The number of rotatable bonds is 10. The number of hydrogen-bond donors (Lipinski definition) is 1. The maximum atomic E-state index is 12.9. The number of nitrogens with one attached hydrogen (secondary N) is 1. The van der Waals surface area contributed by atoms with Crippen molar-refractivity contribution >= 4 is 15.9 Å². The Morgan fingerprint density at radius 3 is 2.75 bits per heavy atom. The van der Waals surface area contributed by atoms with Crippen molar-refractivity contribution < 1.29 is 22.7 Å². The first-order chi connectivity index (χ1) is 15.4. The Morgan fingerprint density at radius 2 is 2.03 bits per heavy atom. The third-order valence-corrected chi connectivity index (χ3v) is 8.09. The van der Waals surface area contributed by atoms with Gasteiger partial charge in [0, 0.05) is 32.6 Å². The van der Waals surface area contributed by atoms with Crippen molar-refractivity contribution in [3.63, 3.8) is 0 Å². The fraction of sp³-hybridized carbons (Fsp3) is 0.696. The molecule has 1 N–H and O–H groups in total. The Hall–Kier alpha value is -1.68. The predicted molar refractivity (Wildman–Crippen MR) is 123 cm³/mol. The van der Waals surface area contributed by atoms with E-state index in [0.717, 1.165) is 37.5 Å². The molecule has 2 aliphatic heterocycles. The number of methoxy groups -OCH3 is 1. The topological polar surface area (TPSA) is 88.2 Å². The SMILES string of the molecule is COc1ccc(S(=O)(=O)N2CCOCC2)cc1CCC(=O)NCCCN1CCC[C@@H](C)C1. The van der Waals surface area contributed by atoms with Crippen molar-refractivity contribution in [2.24, 2.45) is 5.92 Å². The number of carbonyl (C=O) groups is 1. The van der Waals surface area contributed by atoms with Crippen molar-refractivity contribution in [2.75, 3.05) is 59.6 Å². The van der Waals surface area contributed by atoms with E-state index >= 15 is 0 Å². The van der Waals surface area contributed by atoms with Gasteiger partial charge in [0.2, 0.25) is 15.9 Å². The molecule has 0 aromatic heterocycles. The smallest absolute Gasteiger partial charge is 0.243 e. The molecule has 2 aliphatic rings. The van der Waals surface area contributed by atoms with E-state index in [2.05, 4.69) is 17.1 Å². The fourth-order valence-corrected chi connectivity index (χ4v) is 5.86. The largest absolute Gasteiger partial charge is 0.496 e. The van der Waals surface area contributed by atoms with Gasteiger partial charge < -0.3 is 19.7 Å². The Bertz CT molecular complexity index is 855. The maximum Gasteiger partial charge on any atom is 0.243 e. The van der Waals surface area contributed by atoms with E-state index in [1.165, 1.54) is 17.1 Å². The molecule has 3 rings (SSSR count). The third kappa shape index (κ3) is 6.91. The van der Waals surface area contributed by atoms with Crippen LogP contribution in [0, 0.1) is 5.92 Å². The molecule has 1 amide bonds. The van der Waals surface area contributed by atoms with E-state index < -0.39 is 10.0 Å². The average Bonchev–Trinajstić information content (AvgIpc) is 2.81. The summed E-state index contributed by atoms with van der Waals surface area (Å²) in [5.74, 6) is 1.33. The molecule has 0 saturated carbocycles. The minimum atomic E-state index is -3.59. The van der Waals surface area contributed by atoms with Gasteiger partial charge in [-0.1, -0.05) is 6.92 Å². The lowest BCUT2D eigenvalue weighted by molar-refractivity contribution is -0.121. The quantitative estimate of drug-likeness (QED) is 0.529. The zero-order chi connectivity index (χ0) is 23.0. The molecule has 180 valence electrons. The summed E-state index contributed by atoms with van der Waals surface area (Å²) in [7, 11) is -2.04. The van der Waals surface area contributed by atoms with Gasteiger partial charge in [0.25, 0.3) is 0 Å². The summed E-state index contributed by atoms with van der Waals surface area (Å²) in [5.41, 5.74) is 0.722. The van der Waals surface area contributed by atoms with Crippen LogP contribution in [-0.2, 0) is 26.0 Å². The summed E-state index contributed by atoms with van der Waals surface area (Å²) >= 11 is 0. The highest BCUT2D eigenvalue weighted by Gasteiger charge is 2.27. The zero-order valence-electron chi connectivity index (χ0n) is 19.3. The molecule has 2 saturated heterocycles. The molecule has 0 bridgehead atoms. The Balaban J connectivity index is 1.50. The van der Waals surface area contributed by atoms with E-state index in [4.69, 9.17) is 9.47 Å². The second-order valence-corrected chi connectivity index (χ2v) is 10.7. The number of ether oxygens (including phenoxy) is 2. The minimum absolute atomic E-state index is 0.0273. The van der Waals surface area contributed by atoms with Crippen LogP contribution in [0.2, 0.25) is 0 Å². The van der Waals surface area contributed by atoms with E-state index in [1.54, 1.807) is 25.3 Å². The number of morpholine rings is 1. The summed E-state index contributed by atoms with van der Waals surface area (Å²) in [6, 6.07) is 4.86. The van der Waals surface area contributed by atoms with Gasteiger partial charge in [-0.15, -0.1) is 0 Å². The van der Waals surface area contributed by atoms with Crippen LogP contribution in [0.25, 0.3) is 0 Å². The first-order valence-corrected chi connectivity index (χ1v) is 13.1. The number of piperidine rings is 1. The predicted octanol–water partition coefficient (Wildman–Crippen LogP) is 1.89. The molecule has 1 aromatic rings. The summed E-state index contributed by atoms with van der Waals surface area (Å²) in [4.78, 5) is 15.0. The monoisotopic (exact) mass is 467 g/mol. The lowest BCUT2D eigenvalue weighted by Gasteiger charge is -2.30. The summed E-state index contributed by atoms with van der Waals surface area (Å²) < 4.78 is 38.0. The summed E-state index contributed by atoms with van der Waals surface area (Å²) in [5, 5.41) is 2.99. The second-order valence-electron chi connectivity index (χ2n) is 8.74. The van der Waals surface area contributed by atoms with Gasteiger partial charge in [-0.25, -0.2) is 8.42 Å². The van der Waals surface area contributed by atoms with Crippen LogP contribution < -0.4 is 10.1 Å². The van der Waals surface area contributed by atoms with Crippen LogP contribution in [-0.4, -0.2) is 83.1 Å². The normalized spacial score (nSPS) is 20.8. The fourth-order valence-electron chi connectivity index (χ4n) is 4.40. The number of likely N-dealkylation sites (tertiary alicyclic amines) is 1. The minimum Gasteiger partial charge on any atom is -0.496 e. The molecule has 2 fully saturated rings. The molecule has 0 spiro atoms. The van der Waals surface area contributed by atoms with Gasteiger partial charge >= 0.3 is 0 Å². The molecule has 32 heavy (non-hydrogen) atoms. The number of aryl methyl sites for hydroxylation is 1. The Labute approximate surface area is 192 Å². The third-order valence-electron chi connectivity index (χ3n) is 6.20. The Morgan fingerprint density at radius 1 is 1.25 bits per heavy atom. The number of amides is 1. The molecule has 0 radical (unpaired) electrons. The highest BCUT2D eigenvalue weighted by atomic mass is 32.2. The number of sulfonamides is 1. The van der Waals surface area contributed by atoms with Gasteiger partial charge in [-0.2, -0.15) is 4.31 Å². The molecule has 8 nitrogen and oxygen atoms in total. The van der Waals surface area contributed by atoms with E-state index in [9.17, 15) is 13.2 Å². The number of nitrogens with zero attached hydrogens (tertiary/aromatic N) is 2. The molecular weight excluding hydrogens is 430 g/mol. The second kappa shape index (κ2) is 12.0. The van der Waals surface area contributed by atoms with Gasteiger partial charge in [-0.05, 0) is 68.5 Å². The highest BCUT2D eigenvalue weighted by Crippen LogP contribution is 2.26. The van der Waals surface area contributed by atoms with Crippen molar-refractivity contribution in [1.29, 1.82) is 0 Å². The van der Waals surface area contributed by atoms with Gasteiger partial charge in [0.1, 0.15) is 5.75 Å². The molecule has 2 heterocycles. The lowest BCUT2D eigenvalue weighted by Crippen LogP contribution is -2.40. The summed E-state index contributed by atoms with van der Waals surface area (Å²) in [6.07, 6.45) is 4.22. The van der Waals surface area contributed by atoms with Gasteiger partial charge in [0.05, 0.1) is 25.2 Å². The number of hydrogen-bond acceptors (Lipinski definition) is 6. The van der Waals surface area contributed by atoms with Crippen LogP contribution in [0.3, 0.4) is 0 Å². The van der Waals surface area contributed by atoms with Crippen molar-refractivity contribution in [2.45, 2.75) is 43.9 Å². The zero-order valence-corrected chi connectivity index (χ0v) is 20.2. The maximum absolute atomic E-state index is 12.9. The van der Waals surface area contributed by atoms with Crippen LogP contribution in [0.4, 0.5) is 0 Å². The van der Waals surface area contributed by atoms with Gasteiger partial charge in [0.15, 0.2) is 0 Å². The molecule has 1 aromatic carbocycles. The average molecular weight is 468 g/mol. The standard InChI is InChI=1S/C23H37N3O5S/c1-19-5-3-11-25(18-19)12-4-10-24-23(27)9-6-20-17-21(7-8-22(20)30-2)32(28,29)26-13-15-31-16-14-26/h7-8,17,19H,3-6,9-16,18H2,1-2H3,(H,24,27)/t19-/m1/s1. The first kappa shape index (κ1) is 25.0. The molecule has 1 atom stereocenters. The van der Waals surface area contributed by atoms with E-state index in [0.29, 0.717) is 45.0 Å². The Kier molecular flexibility index (Phi) is 9.34. The first-order valence-electron chi connectivity index (χ1n) is 11.6. The summed E-state index contributed by atoms with van der Waals surface area (Å²) in [6.45, 7) is 7.78. The van der Waals surface area contributed by atoms with Crippen LogP contribution in [0.1, 0.15) is 38.2 Å². The molecular formula is C23H37N3O5S. The van der Waals surface area contributed by atoms with Crippen molar-refractivity contribution in [3.8, 4) is 5.75 Å².